The van der Waals surface area contributed by atoms with E-state index in [0.717, 1.165) is 24.2 Å². The van der Waals surface area contributed by atoms with Crippen LogP contribution in [-0.2, 0) is 22.6 Å². The van der Waals surface area contributed by atoms with Crippen LogP contribution >= 0.6 is 0 Å². The van der Waals surface area contributed by atoms with Gasteiger partial charge in [0.2, 0.25) is 5.91 Å². The quantitative estimate of drug-likeness (QED) is 0.832. The van der Waals surface area contributed by atoms with Gasteiger partial charge in [0.1, 0.15) is 5.82 Å². The van der Waals surface area contributed by atoms with E-state index >= 15 is 0 Å². The number of nitrogens with zero attached hydrogens (tertiary/aromatic N) is 2. The lowest BCUT2D eigenvalue weighted by Crippen LogP contribution is -2.40. The lowest BCUT2D eigenvalue weighted by atomic mass is 9.87. The van der Waals surface area contributed by atoms with Gasteiger partial charge in [0.25, 0.3) is 0 Å². The molecule has 0 aliphatic carbocycles. The van der Waals surface area contributed by atoms with Gasteiger partial charge in [-0.05, 0) is 23.3 Å². The number of likely N-dealkylation sites (tertiary alicyclic amines) is 1. The Labute approximate surface area is 159 Å². The summed E-state index contributed by atoms with van der Waals surface area (Å²) in [6.45, 7) is 4.86. The fourth-order valence-corrected chi connectivity index (χ4v) is 4.24. The van der Waals surface area contributed by atoms with E-state index in [1.54, 1.807) is 12.1 Å². The average Bonchev–Trinajstić information content (AvgIpc) is 2.82. The Bertz CT molecular complexity index is 798. The van der Waals surface area contributed by atoms with Gasteiger partial charge in [-0.15, -0.1) is 0 Å². The van der Waals surface area contributed by atoms with Gasteiger partial charge in [-0.25, -0.2) is 4.39 Å². The number of halogens is 1. The molecule has 2 saturated heterocycles. The molecule has 0 radical (unpaired) electrons. The number of hydrogen-bond acceptors (Lipinski definition) is 3. The maximum atomic E-state index is 13.5. The van der Waals surface area contributed by atoms with E-state index in [4.69, 9.17) is 4.74 Å². The monoisotopic (exact) mass is 368 g/mol. The maximum absolute atomic E-state index is 13.5. The molecule has 0 saturated carbocycles. The largest absolute Gasteiger partial charge is 0.379 e. The van der Waals surface area contributed by atoms with Crippen LogP contribution in [-0.4, -0.2) is 48.6 Å². The molecule has 142 valence electrons. The topological polar surface area (TPSA) is 32.8 Å². The van der Waals surface area contributed by atoms with Crippen LogP contribution in [0.25, 0.3) is 0 Å². The zero-order valence-corrected chi connectivity index (χ0v) is 15.4. The second-order valence-electron chi connectivity index (χ2n) is 7.81. The fraction of sp³-hybridized carbons (Fsp3) is 0.409. The summed E-state index contributed by atoms with van der Waals surface area (Å²) in [6, 6.07) is 16.8. The highest BCUT2D eigenvalue weighted by molar-refractivity contribution is 5.79. The lowest BCUT2D eigenvalue weighted by molar-refractivity contribution is -0.128. The van der Waals surface area contributed by atoms with E-state index in [1.807, 2.05) is 29.2 Å². The fourth-order valence-electron chi connectivity index (χ4n) is 4.24. The highest BCUT2D eigenvalue weighted by atomic mass is 19.1. The van der Waals surface area contributed by atoms with Crippen molar-refractivity contribution in [1.29, 1.82) is 0 Å². The average molecular weight is 368 g/mol. The number of carbonyl (C=O) groups excluding carboxylic acids is 1. The van der Waals surface area contributed by atoms with Crippen LogP contribution < -0.4 is 0 Å². The van der Waals surface area contributed by atoms with E-state index in [9.17, 15) is 9.18 Å². The second-order valence-corrected chi connectivity index (χ2v) is 7.81. The normalized spacial score (nSPS) is 23.7. The van der Waals surface area contributed by atoms with Gasteiger partial charge in [-0.2, -0.15) is 0 Å². The number of hydrogen-bond donors (Lipinski definition) is 0. The first kappa shape index (κ1) is 18.1. The molecule has 2 aromatic rings. The first-order valence-electron chi connectivity index (χ1n) is 9.48. The molecular formula is C22H25FN2O2. The van der Waals surface area contributed by atoms with Crippen molar-refractivity contribution in [2.45, 2.75) is 19.5 Å². The second kappa shape index (κ2) is 7.79. The van der Waals surface area contributed by atoms with Crippen molar-refractivity contribution >= 4 is 5.91 Å². The molecule has 0 N–H and O–H groups in total. The zero-order chi connectivity index (χ0) is 18.7. The predicted molar refractivity (Wildman–Crippen MR) is 101 cm³/mol. The van der Waals surface area contributed by atoms with Crippen molar-refractivity contribution in [3.05, 3.63) is 71.5 Å². The van der Waals surface area contributed by atoms with Gasteiger partial charge in [0.05, 0.1) is 13.2 Å². The summed E-state index contributed by atoms with van der Waals surface area (Å²) in [5.74, 6) is -0.0200. The van der Waals surface area contributed by atoms with Crippen molar-refractivity contribution in [3.63, 3.8) is 0 Å². The van der Waals surface area contributed by atoms with Crippen LogP contribution in [0.5, 0.6) is 0 Å². The molecule has 1 spiro atoms. The van der Waals surface area contributed by atoms with E-state index in [2.05, 4.69) is 17.0 Å². The molecule has 2 aliphatic rings. The number of carbonyl (C=O) groups is 1. The molecule has 2 aliphatic heterocycles. The van der Waals surface area contributed by atoms with Crippen LogP contribution in [0.3, 0.4) is 0 Å². The summed E-state index contributed by atoms with van der Waals surface area (Å²) >= 11 is 0. The van der Waals surface area contributed by atoms with Crippen molar-refractivity contribution in [3.8, 4) is 0 Å². The van der Waals surface area contributed by atoms with Crippen LogP contribution in [0.4, 0.5) is 4.39 Å². The van der Waals surface area contributed by atoms with Crippen LogP contribution in [0.15, 0.2) is 54.6 Å². The SMILES string of the molecule is O=C1CC2(COCCN(Cc3cccc(F)c3)C2)CN1Cc1ccccc1. The number of amides is 1. The summed E-state index contributed by atoms with van der Waals surface area (Å²) in [7, 11) is 0. The predicted octanol–water partition coefficient (Wildman–Crippen LogP) is 3.08. The van der Waals surface area contributed by atoms with Gasteiger partial charge < -0.3 is 9.64 Å². The molecule has 4 nitrogen and oxygen atoms in total. The van der Waals surface area contributed by atoms with E-state index in [-0.39, 0.29) is 17.1 Å². The Balaban J connectivity index is 1.46. The molecule has 0 bridgehead atoms. The van der Waals surface area contributed by atoms with Gasteiger partial charge >= 0.3 is 0 Å². The summed E-state index contributed by atoms with van der Waals surface area (Å²) in [4.78, 5) is 16.9. The van der Waals surface area contributed by atoms with E-state index in [0.29, 0.717) is 39.3 Å². The maximum Gasteiger partial charge on any atom is 0.223 e. The van der Waals surface area contributed by atoms with Gasteiger partial charge in [0.15, 0.2) is 0 Å². The molecule has 2 fully saturated rings. The Morgan fingerprint density at radius 3 is 2.63 bits per heavy atom. The van der Waals surface area contributed by atoms with E-state index in [1.165, 1.54) is 6.07 Å². The molecule has 4 rings (SSSR count). The van der Waals surface area contributed by atoms with Crippen molar-refractivity contribution in [1.82, 2.24) is 9.80 Å². The van der Waals surface area contributed by atoms with Crippen molar-refractivity contribution in [2.75, 3.05) is 32.8 Å². The van der Waals surface area contributed by atoms with Crippen LogP contribution in [0.1, 0.15) is 17.5 Å². The van der Waals surface area contributed by atoms with E-state index < -0.39 is 0 Å². The summed E-state index contributed by atoms with van der Waals surface area (Å²) in [5, 5.41) is 0. The number of rotatable bonds is 4. The third-order valence-electron chi connectivity index (χ3n) is 5.44. The number of benzene rings is 2. The molecule has 1 atom stereocenters. The molecule has 2 aromatic carbocycles. The van der Waals surface area contributed by atoms with Crippen molar-refractivity contribution < 1.29 is 13.9 Å². The molecule has 0 aromatic heterocycles. The Hall–Kier alpha value is -2.24. The smallest absolute Gasteiger partial charge is 0.223 e. The highest BCUT2D eigenvalue weighted by Crippen LogP contribution is 2.35. The van der Waals surface area contributed by atoms with Gasteiger partial charge in [0, 0.05) is 44.6 Å². The minimum absolute atomic E-state index is 0.185. The summed E-state index contributed by atoms with van der Waals surface area (Å²) < 4.78 is 19.4. The Morgan fingerprint density at radius 2 is 1.81 bits per heavy atom. The first-order chi connectivity index (χ1) is 13.1. The third-order valence-corrected chi connectivity index (χ3v) is 5.44. The third kappa shape index (κ3) is 4.37. The van der Waals surface area contributed by atoms with Crippen LogP contribution in [0, 0.1) is 11.2 Å². The molecule has 5 heteroatoms. The number of ether oxygens (including phenoxy) is 1. The van der Waals surface area contributed by atoms with Crippen LogP contribution in [0.2, 0.25) is 0 Å². The molecular weight excluding hydrogens is 343 g/mol. The Kier molecular flexibility index (Phi) is 5.23. The Morgan fingerprint density at radius 1 is 1.00 bits per heavy atom. The molecule has 2 heterocycles. The standard InChI is InChI=1S/C22H25FN2O2/c23-20-8-4-7-19(11-20)13-24-9-10-27-17-22(15-24)12-21(26)25(16-22)14-18-5-2-1-3-6-18/h1-8,11H,9-10,12-17H2. The first-order valence-corrected chi connectivity index (χ1v) is 9.48. The molecule has 1 amide bonds. The zero-order valence-electron chi connectivity index (χ0n) is 15.4. The van der Waals surface area contributed by atoms with Crippen molar-refractivity contribution in [2.24, 2.45) is 5.41 Å². The molecule has 1 unspecified atom stereocenters. The molecule has 27 heavy (non-hydrogen) atoms. The lowest BCUT2D eigenvalue weighted by Gasteiger charge is -2.31. The summed E-state index contributed by atoms with van der Waals surface area (Å²) in [6.07, 6.45) is 0.513. The highest BCUT2D eigenvalue weighted by Gasteiger charge is 2.45. The van der Waals surface area contributed by atoms with Gasteiger partial charge in [-0.3, -0.25) is 9.69 Å². The van der Waals surface area contributed by atoms with Gasteiger partial charge in [-0.1, -0.05) is 42.5 Å². The minimum Gasteiger partial charge on any atom is -0.379 e. The minimum atomic E-state index is -0.210. The summed E-state index contributed by atoms with van der Waals surface area (Å²) in [5.41, 5.74) is 1.92.